The van der Waals surface area contributed by atoms with Crippen LogP contribution in [0.4, 0.5) is 0 Å². The molecule has 100 valence electrons. The first-order chi connectivity index (χ1) is 7.84. The van der Waals surface area contributed by atoms with Crippen LogP contribution in [0.3, 0.4) is 0 Å². The fraction of sp³-hybridized carbons (Fsp3) is 0.846. The van der Waals surface area contributed by atoms with E-state index in [0.29, 0.717) is 13.0 Å². The Morgan fingerprint density at radius 3 is 2.12 bits per heavy atom. The van der Waals surface area contributed by atoms with Gasteiger partial charge in [0.1, 0.15) is 5.92 Å². The van der Waals surface area contributed by atoms with E-state index < -0.39 is 17.3 Å². The summed E-state index contributed by atoms with van der Waals surface area (Å²) >= 11 is 0. The average Bonchev–Trinajstić information content (AvgIpc) is 2.23. The smallest absolute Gasteiger partial charge is 0.298 e. The topological polar surface area (TPSA) is 52.6 Å². The number of rotatable bonds is 7. The lowest BCUT2D eigenvalue weighted by atomic mass is 9.81. The molecule has 0 radical (unpaired) electrons. The highest BCUT2D eigenvalue weighted by Crippen LogP contribution is 2.24. The second-order valence-corrected chi connectivity index (χ2v) is 5.18. The fourth-order valence-electron chi connectivity index (χ4n) is 1.41. The van der Waals surface area contributed by atoms with E-state index in [-0.39, 0.29) is 5.78 Å². The molecule has 0 N–H and O–H groups in total. The summed E-state index contributed by atoms with van der Waals surface area (Å²) in [7, 11) is 0. The number of Topliss-reactive ketones (excluding diaryl/α,β-unsaturated/α-hetero) is 1. The Hall–Kier alpha value is -0.900. The molecular weight excluding hydrogens is 220 g/mol. The predicted molar refractivity (Wildman–Crippen MR) is 65.2 cm³/mol. The van der Waals surface area contributed by atoms with Crippen molar-refractivity contribution >= 4 is 11.8 Å². The zero-order valence-corrected chi connectivity index (χ0v) is 11.5. The average molecular weight is 244 g/mol. The highest BCUT2D eigenvalue weighted by Gasteiger charge is 2.35. The van der Waals surface area contributed by atoms with E-state index in [2.05, 4.69) is 4.89 Å². The molecule has 0 aliphatic rings. The van der Waals surface area contributed by atoms with E-state index >= 15 is 0 Å². The maximum atomic E-state index is 12.1. The largest absolute Gasteiger partial charge is 0.352 e. The summed E-state index contributed by atoms with van der Waals surface area (Å²) in [4.78, 5) is 33.2. The quantitative estimate of drug-likeness (QED) is 0.299. The van der Waals surface area contributed by atoms with Crippen molar-refractivity contribution in [3.63, 3.8) is 0 Å². The highest BCUT2D eigenvalue weighted by molar-refractivity contribution is 6.01. The van der Waals surface area contributed by atoms with Gasteiger partial charge in [0.15, 0.2) is 5.78 Å². The van der Waals surface area contributed by atoms with Crippen LogP contribution in [-0.2, 0) is 19.4 Å². The summed E-state index contributed by atoms with van der Waals surface area (Å²) in [5, 5.41) is 0. The van der Waals surface area contributed by atoms with E-state index in [1.807, 2.05) is 13.8 Å². The van der Waals surface area contributed by atoms with Gasteiger partial charge in [-0.2, -0.15) is 4.89 Å². The third-order valence-electron chi connectivity index (χ3n) is 2.35. The summed E-state index contributed by atoms with van der Waals surface area (Å²) in [6.07, 6.45) is 2.03. The van der Waals surface area contributed by atoms with Gasteiger partial charge in [-0.1, -0.05) is 41.0 Å². The van der Waals surface area contributed by atoms with Crippen molar-refractivity contribution in [2.24, 2.45) is 11.3 Å². The summed E-state index contributed by atoms with van der Waals surface area (Å²) in [5.74, 6) is -1.37. The van der Waals surface area contributed by atoms with Crippen molar-refractivity contribution in [1.29, 1.82) is 0 Å². The van der Waals surface area contributed by atoms with Crippen LogP contribution in [0.5, 0.6) is 0 Å². The van der Waals surface area contributed by atoms with Crippen molar-refractivity contribution in [3.8, 4) is 0 Å². The Kier molecular flexibility index (Phi) is 7.04. The second kappa shape index (κ2) is 7.43. The van der Waals surface area contributed by atoms with Crippen LogP contribution >= 0.6 is 0 Å². The number of hydrogen-bond acceptors (Lipinski definition) is 4. The number of carbonyl (C=O) groups excluding carboxylic acids is 2. The summed E-state index contributed by atoms with van der Waals surface area (Å²) in [6.45, 7) is 9.61. The predicted octanol–water partition coefficient (Wildman–Crippen LogP) is 2.90. The number of ketones is 1. The minimum Gasteiger partial charge on any atom is -0.298 e. The van der Waals surface area contributed by atoms with E-state index in [0.717, 1.165) is 12.8 Å². The van der Waals surface area contributed by atoms with Crippen LogP contribution in [0.1, 0.15) is 53.9 Å². The Morgan fingerprint density at radius 2 is 1.71 bits per heavy atom. The van der Waals surface area contributed by atoms with Crippen LogP contribution in [0.2, 0.25) is 0 Å². The monoisotopic (exact) mass is 244 g/mol. The second-order valence-electron chi connectivity index (χ2n) is 5.18. The third-order valence-corrected chi connectivity index (χ3v) is 2.35. The molecule has 17 heavy (non-hydrogen) atoms. The minimum atomic E-state index is -0.711. The number of hydrogen-bond donors (Lipinski definition) is 0. The van der Waals surface area contributed by atoms with Crippen molar-refractivity contribution in [2.45, 2.75) is 53.9 Å². The van der Waals surface area contributed by atoms with Crippen molar-refractivity contribution in [2.75, 3.05) is 6.61 Å². The molecule has 0 fully saturated rings. The molecule has 0 bridgehead atoms. The molecule has 0 aliphatic carbocycles. The lowest BCUT2D eigenvalue weighted by Gasteiger charge is -2.22. The fourth-order valence-corrected chi connectivity index (χ4v) is 1.41. The lowest BCUT2D eigenvalue weighted by Crippen LogP contribution is -2.34. The third kappa shape index (κ3) is 5.82. The molecule has 1 unspecified atom stereocenters. The van der Waals surface area contributed by atoms with E-state index in [9.17, 15) is 9.59 Å². The van der Waals surface area contributed by atoms with E-state index in [1.54, 1.807) is 20.8 Å². The van der Waals surface area contributed by atoms with Crippen LogP contribution in [0.25, 0.3) is 0 Å². The molecule has 0 saturated heterocycles. The molecular formula is C13H24O4. The minimum absolute atomic E-state index is 0.0931. The van der Waals surface area contributed by atoms with Crippen LogP contribution in [-0.4, -0.2) is 18.4 Å². The van der Waals surface area contributed by atoms with Crippen LogP contribution in [0, 0.1) is 11.3 Å². The molecule has 0 saturated carbocycles. The maximum absolute atomic E-state index is 12.1. The molecule has 1 atom stereocenters. The van der Waals surface area contributed by atoms with Crippen molar-refractivity contribution < 1.29 is 19.4 Å². The molecule has 0 aliphatic heterocycles. The first-order valence-electron chi connectivity index (χ1n) is 6.22. The Balaban J connectivity index is 4.51. The Morgan fingerprint density at radius 1 is 1.12 bits per heavy atom. The van der Waals surface area contributed by atoms with Gasteiger partial charge in [0, 0.05) is 5.41 Å². The first-order valence-corrected chi connectivity index (χ1v) is 6.22. The Labute approximate surface area is 104 Å². The van der Waals surface area contributed by atoms with E-state index in [4.69, 9.17) is 4.89 Å². The molecule has 4 heteroatoms. The van der Waals surface area contributed by atoms with Gasteiger partial charge in [0.05, 0.1) is 6.61 Å². The zero-order valence-electron chi connectivity index (χ0n) is 11.5. The molecule has 0 aromatic rings. The van der Waals surface area contributed by atoms with E-state index in [1.165, 1.54) is 0 Å². The molecule has 0 rings (SSSR count). The van der Waals surface area contributed by atoms with Gasteiger partial charge in [-0.25, -0.2) is 4.79 Å². The summed E-state index contributed by atoms with van der Waals surface area (Å²) in [6, 6.07) is 0. The molecule has 0 heterocycles. The zero-order chi connectivity index (χ0) is 13.5. The van der Waals surface area contributed by atoms with Crippen LogP contribution in [0.15, 0.2) is 0 Å². The standard InChI is InChI=1S/C13H24O4/c1-6-8-10(11(14)13(3,4)5)12(15)17-16-9-7-2/h10H,6-9H2,1-5H3. The number of carbonyl (C=O) groups is 2. The molecule has 0 aromatic carbocycles. The van der Waals surface area contributed by atoms with Gasteiger partial charge in [-0.05, 0) is 12.8 Å². The molecule has 4 nitrogen and oxygen atoms in total. The SMILES string of the molecule is CCCOOC(=O)C(CCC)C(=O)C(C)(C)C. The van der Waals surface area contributed by atoms with Gasteiger partial charge in [-0.15, -0.1) is 0 Å². The summed E-state index contributed by atoms with van der Waals surface area (Å²) < 4.78 is 0. The maximum Gasteiger partial charge on any atom is 0.352 e. The van der Waals surface area contributed by atoms with Gasteiger partial charge in [0.25, 0.3) is 0 Å². The first kappa shape index (κ1) is 16.1. The van der Waals surface area contributed by atoms with Crippen LogP contribution < -0.4 is 0 Å². The van der Waals surface area contributed by atoms with Gasteiger partial charge >= 0.3 is 5.97 Å². The van der Waals surface area contributed by atoms with Crippen molar-refractivity contribution in [3.05, 3.63) is 0 Å². The van der Waals surface area contributed by atoms with Gasteiger partial charge in [-0.3, -0.25) is 9.68 Å². The lowest BCUT2D eigenvalue weighted by molar-refractivity contribution is -0.275. The molecule has 0 spiro atoms. The Bertz CT molecular complexity index is 253. The summed E-state index contributed by atoms with van der Waals surface area (Å²) in [5.41, 5.74) is -0.538. The molecule has 0 amide bonds. The molecule has 0 aromatic heterocycles. The van der Waals surface area contributed by atoms with Crippen molar-refractivity contribution in [1.82, 2.24) is 0 Å². The normalized spacial score (nSPS) is 13.2. The van der Waals surface area contributed by atoms with Gasteiger partial charge < -0.3 is 0 Å². The highest BCUT2D eigenvalue weighted by atomic mass is 17.2. The van der Waals surface area contributed by atoms with Gasteiger partial charge in [0.2, 0.25) is 0 Å².